The first kappa shape index (κ1) is 22.1. The Morgan fingerprint density at radius 1 is 1.17 bits per heavy atom. The zero-order chi connectivity index (χ0) is 21.8. The minimum atomic E-state index is -4.61. The number of urea groups is 1. The molecule has 29 heavy (non-hydrogen) atoms. The third kappa shape index (κ3) is 5.18. The van der Waals surface area contributed by atoms with E-state index in [1.807, 2.05) is 0 Å². The summed E-state index contributed by atoms with van der Waals surface area (Å²) in [4.78, 5) is 36.3. The second kappa shape index (κ2) is 8.84. The van der Waals surface area contributed by atoms with Crippen molar-refractivity contribution < 1.29 is 37.0 Å². The highest BCUT2D eigenvalue weighted by Gasteiger charge is 2.33. The number of alkyl halides is 3. The predicted octanol–water partition coefficient (Wildman–Crippen LogP) is 2.35. The molecule has 0 unspecified atom stereocenters. The molecule has 2 rings (SSSR count). The van der Waals surface area contributed by atoms with Crippen LogP contribution in [-0.4, -0.2) is 37.2 Å². The summed E-state index contributed by atoms with van der Waals surface area (Å²) in [6, 6.07) is 0.990. The summed E-state index contributed by atoms with van der Waals surface area (Å²) in [5.74, 6) is -1.69. The van der Waals surface area contributed by atoms with E-state index in [1.165, 1.54) is 0 Å². The zero-order valence-corrected chi connectivity index (χ0v) is 15.7. The molecule has 0 aliphatic carbocycles. The number of hydrogen-bond acceptors (Lipinski definition) is 6. The highest BCUT2D eigenvalue weighted by Crippen LogP contribution is 2.31. The van der Waals surface area contributed by atoms with E-state index in [0.29, 0.717) is 18.6 Å². The monoisotopic (exact) mass is 415 g/mol. The molecular formula is C18H20F3N3O5. The van der Waals surface area contributed by atoms with Gasteiger partial charge in [-0.05, 0) is 31.5 Å². The average Bonchev–Trinajstić information content (AvgIpc) is 2.64. The van der Waals surface area contributed by atoms with Crippen molar-refractivity contribution in [2.45, 2.75) is 32.5 Å². The summed E-state index contributed by atoms with van der Waals surface area (Å²) in [6.07, 6.45) is -4.23. The van der Waals surface area contributed by atoms with E-state index in [4.69, 9.17) is 15.2 Å². The molecule has 0 fully saturated rings. The smallest absolute Gasteiger partial charge is 0.416 e. The van der Waals surface area contributed by atoms with Gasteiger partial charge in [-0.3, -0.25) is 0 Å². The number of rotatable bonds is 6. The fraction of sp³-hybridized carbons (Fsp3) is 0.389. The summed E-state index contributed by atoms with van der Waals surface area (Å²) in [5.41, 5.74) is 3.98. The van der Waals surface area contributed by atoms with Crippen LogP contribution >= 0.6 is 0 Å². The molecule has 0 aromatic heterocycles. The Kier molecular flexibility index (Phi) is 6.72. The van der Waals surface area contributed by atoms with Gasteiger partial charge in [0, 0.05) is 5.69 Å². The Hall–Kier alpha value is -3.24. The molecule has 1 heterocycles. The molecule has 0 saturated carbocycles. The van der Waals surface area contributed by atoms with Crippen molar-refractivity contribution in [2.75, 3.05) is 18.9 Å². The number of halogens is 3. The molecule has 8 nitrogen and oxygen atoms in total. The quantitative estimate of drug-likeness (QED) is 0.485. The average molecular weight is 415 g/mol. The number of carbonyl (C=O) groups is 3. The summed E-state index contributed by atoms with van der Waals surface area (Å²) >= 11 is 0. The van der Waals surface area contributed by atoms with Crippen LogP contribution in [0.4, 0.5) is 23.7 Å². The topological polar surface area (TPSA) is 120 Å². The van der Waals surface area contributed by atoms with Gasteiger partial charge in [0.2, 0.25) is 0 Å². The lowest BCUT2D eigenvalue weighted by Gasteiger charge is -2.28. The van der Waals surface area contributed by atoms with Crippen molar-refractivity contribution >= 4 is 23.7 Å². The van der Waals surface area contributed by atoms with Gasteiger partial charge in [0.25, 0.3) is 0 Å². The lowest BCUT2D eigenvalue weighted by molar-refractivity contribution is -0.139. The number of nitrogens with two attached hydrogens (primary N) is 1. The number of carbonyl (C=O) groups excluding carboxylic acids is 3. The van der Waals surface area contributed by atoms with Gasteiger partial charge < -0.3 is 25.8 Å². The molecule has 1 aromatic carbocycles. The maximum Gasteiger partial charge on any atom is 0.416 e. The fourth-order valence-electron chi connectivity index (χ4n) is 2.72. The SMILES string of the molecule is CCOC(=O)C1=C(COC(=O)c2ccc(C(F)(F)F)cc2N)NC(=O)N[C@@H]1CC. The second-order valence-corrected chi connectivity index (χ2v) is 6.05. The van der Waals surface area contributed by atoms with Gasteiger partial charge in [-0.2, -0.15) is 13.2 Å². The maximum absolute atomic E-state index is 12.7. The first-order chi connectivity index (χ1) is 13.6. The minimum absolute atomic E-state index is 0.0258. The van der Waals surface area contributed by atoms with Gasteiger partial charge in [-0.25, -0.2) is 14.4 Å². The molecule has 11 heteroatoms. The van der Waals surface area contributed by atoms with E-state index >= 15 is 0 Å². The van der Waals surface area contributed by atoms with E-state index in [9.17, 15) is 27.6 Å². The largest absolute Gasteiger partial charge is 0.463 e. The van der Waals surface area contributed by atoms with E-state index in [1.54, 1.807) is 13.8 Å². The number of anilines is 1. The van der Waals surface area contributed by atoms with Crippen LogP contribution in [0.3, 0.4) is 0 Å². The molecular weight excluding hydrogens is 395 g/mol. The van der Waals surface area contributed by atoms with Crippen LogP contribution in [0, 0.1) is 0 Å². The van der Waals surface area contributed by atoms with Gasteiger partial charge in [0.15, 0.2) is 0 Å². The second-order valence-electron chi connectivity index (χ2n) is 6.05. The van der Waals surface area contributed by atoms with E-state index in [2.05, 4.69) is 10.6 Å². The highest BCUT2D eigenvalue weighted by atomic mass is 19.4. The normalized spacial score (nSPS) is 16.7. The highest BCUT2D eigenvalue weighted by molar-refractivity contribution is 5.96. The van der Waals surface area contributed by atoms with Crippen molar-refractivity contribution in [1.82, 2.24) is 10.6 Å². The van der Waals surface area contributed by atoms with Gasteiger partial charge in [0.05, 0.1) is 35.0 Å². The fourth-order valence-corrected chi connectivity index (χ4v) is 2.72. The molecule has 1 aliphatic heterocycles. The standard InChI is InChI=1S/C18H20F3N3O5/c1-3-12-14(16(26)28-4-2)13(24-17(27)23-12)8-29-15(25)10-6-5-9(7-11(10)22)18(19,20)21/h5-7,12H,3-4,8,22H2,1-2H3,(H2,23,24,27)/t12-/m1/s1. The molecule has 1 atom stereocenters. The molecule has 0 radical (unpaired) electrons. The van der Waals surface area contributed by atoms with E-state index in [-0.39, 0.29) is 23.4 Å². The lowest BCUT2D eigenvalue weighted by atomic mass is 10.0. The Morgan fingerprint density at radius 2 is 1.86 bits per heavy atom. The third-order valence-corrected chi connectivity index (χ3v) is 4.09. The van der Waals surface area contributed by atoms with Gasteiger partial charge >= 0.3 is 24.1 Å². The third-order valence-electron chi connectivity index (χ3n) is 4.09. The molecule has 1 aliphatic rings. The van der Waals surface area contributed by atoms with E-state index < -0.39 is 48.0 Å². The van der Waals surface area contributed by atoms with Crippen LogP contribution in [-0.2, 0) is 20.4 Å². The summed E-state index contributed by atoms with van der Waals surface area (Å²) < 4.78 is 48.2. The molecule has 0 bridgehead atoms. The summed E-state index contributed by atoms with van der Waals surface area (Å²) in [7, 11) is 0. The van der Waals surface area contributed by atoms with Crippen LogP contribution in [0.1, 0.15) is 36.2 Å². The molecule has 0 saturated heterocycles. The molecule has 158 valence electrons. The molecule has 2 amide bonds. The number of ether oxygens (including phenoxy) is 2. The Bertz CT molecular complexity index is 852. The van der Waals surface area contributed by atoms with Crippen molar-refractivity contribution in [3.8, 4) is 0 Å². The zero-order valence-electron chi connectivity index (χ0n) is 15.7. The first-order valence-electron chi connectivity index (χ1n) is 8.69. The van der Waals surface area contributed by atoms with Gasteiger partial charge in [0.1, 0.15) is 6.61 Å². The van der Waals surface area contributed by atoms with Crippen LogP contribution in [0.2, 0.25) is 0 Å². The van der Waals surface area contributed by atoms with Crippen molar-refractivity contribution in [2.24, 2.45) is 0 Å². The predicted molar refractivity (Wildman–Crippen MR) is 95.5 cm³/mol. The van der Waals surface area contributed by atoms with Crippen LogP contribution < -0.4 is 16.4 Å². The first-order valence-corrected chi connectivity index (χ1v) is 8.69. The van der Waals surface area contributed by atoms with E-state index in [0.717, 1.165) is 6.07 Å². The molecule has 1 aromatic rings. The maximum atomic E-state index is 12.7. The van der Waals surface area contributed by atoms with Crippen molar-refractivity contribution in [3.63, 3.8) is 0 Å². The molecule has 0 spiro atoms. The number of hydrogen-bond donors (Lipinski definition) is 3. The minimum Gasteiger partial charge on any atom is -0.463 e. The van der Waals surface area contributed by atoms with Crippen molar-refractivity contribution in [1.29, 1.82) is 0 Å². The number of nitrogen functional groups attached to an aromatic ring is 1. The van der Waals surface area contributed by atoms with Gasteiger partial charge in [-0.1, -0.05) is 6.92 Å². The summed E-state index contributed by atoms with van der Waals surface area (Å²) in [5, 5.41) is 4.95. The number of benzene rings is 1. The van der Waals surface area contributed by atoms with Crippen molar-refractivity contribution in [3.05, 3.63) is 40.6 Å². The Balaban J connectivity index is 2.24. The Labute approximate surface area is 164 Å². The van der Waals surface area contributed by atoms with Crippen LogP contribution in [0.5, 0.6) is 0 Å². The lowest BCUT2D eigenvalue weighted by Crippen LogP contribution is -2.51. The molecule has 4 N–H and O–H groups in total. The van der Waals surface area contributed by atoms with Gasteiger partial charge in [-0.15, -0.1) is 0 Å². The summed E-state index contributed by atoms with van der Waals surface area (Å²) in [6.45, 7) is 2.95. The number of nitrogens with one attached hydrogen (secondary N) is 2. The number of esters is 2. The Morgan fingerprint density at radius 3 is 2.41 bits per heavy atom. The van der Waals surface area contributed by atoms with Crippen LogP contribution in [0.15, 0.2) is 29.5 Å². The van der Waals surface area contributed by atoms with Crippen LogP contribution in [0.25, 0.3) is 0 Å². The number of amides is 2.